The highest BCUT2D eigenvalue weighted by Gasteiger charge is 2.07. The first-order valence-electron chi connectivity index (χ1n) is 6.09. The maximum absolute atomic E-state index is 9.62. The Hall–Kier alpha value is -1.35. The van der Waals surface area contributed by atoms with E-state index in [2.05, 4.69) is 13.8 Å². The Morgan fingerprint density at radius 3 is 2.15 bits per heavy atom. The number of hydrogen-bond donors (Lipinski definition) is 3. The van der Waals surface area contributed by atoms with Crippen molar-refractivity contribution in [1.29, 1.82) is 0 Å². The number of benzene rings is 1. The molecular weight excluding hydrogens is 286 g/mol. The molecule has 0 radical (unpaired) electrons. The van der Waals surface area contributed by atoms with Gasteiger partial charge in [-0.15, -0.1) is 0 Å². The number of methoxy groups -OCH3 is 1. The minimum absolute atomic E-state index is 0.224. The van der Waals surface area contributed by atoms with E-state index in [0.29, 0.717) is 5.75 Å². The molecule has 0 amide bonds. The molecule has 8 heteroatoms. The molecule has 0 aliphatic rings. The SMILES string of the molecule is CC[NH+](CC)Cc1ccc(OC)c(O)c1.O=S(=O)([O-])O. The summed E-state index contributed by atoms with van der Waals surface area (Å²) < 4.78 is 37.8. The van der Waals surface area contributed by atoms with Gasteiger partial charge in [0.15, 0.2) is 11.5 Å². The molecule has 20 heavy (non-hydrogen) atoms. The number of rotatable bonds is 5. The van der Waals surface area contributed by atoms with E-state index < -0.39 is 10.4 Å². The summed E-state index contributed by atoms with van der Waals surface area (Å²) in [6.07, 6.45) is 0. The van der Waals surface area contributed by atoms with Crippen LogP contribution in [0.4, 0.5) is 0 Å². The summed E-state index contributed by atoms with van der Waals surface area (Å²) in [6, 6.07) is 5.60. The molecule has 0 aliphatic heterocycles. The Kier molecular flexibility index (Phi) is 8.16. The average molecular weight is 307 g/mol. The van der Waals surface area contributed by atoms with Gasteiger partial charge in [0.2, 0.25) is 10.4 Å². The van der Waals surface area contributed by atoms with Crippen LogP contribution < -0.4 is 9.64 Å². The van der Waals surface area contributed by atoms with Crippen molar-refractivity contribution in [3.63, 3.8) is 0 Å². The highest BCUT2D eigenvalue weighted by atomic mass is 32.3. The molecule has 0 saturated carbocycles. The van der Waals surface area contributed by atoms with Crippen molar-refractivity contribution in [1.82, 2.24) is 0 Å². The summed E-state index contributed by atoms with van der Waals surface area (Å²) in [4.78, 5) is 1.50. The Morgan fingerprint density at radius 2 is 1.80 bits per heavy atom. The number of phenols is 1. The van der Waals surface area contributed by atoms with Crippen molar-refractivity contribution in [3.05, 3.63) is 23.8 Å². The Balaban J connectivity index is 0.000000621. The maximum Gasteiger partial charge on any atom is 0.215 e. The number of ether oxygens (including phenoxy) is 1. The summed E-state index contributed by atoms with van der Waals surface area (Å²) in [7, 11) is -3.36. The lowest BCUT2D eigenvalue weighted by Gasteiger charge is -2.15. The Morgan fingerprint density at radius 1 is 1.30 bits per heavy atom. The first-order valence-corrected chi connectivity index (χ1v) is 7.45. The predicted molar refractivity (Wildman–Crippen MR) is 72.7 cm³/mol. The van der Waals surface area contributed by atoms with Crippen LogP contribution in [0.15, 0.2) is 18.2 Å². The first kappa shape index (κ1) is 18.7. The minimum Gasteiger partial charge on any atom is -0.726 e. The molecule has 0 bridgehead atoms. The van der Waals surface area contributed by atoms with Crippen LogP contribution in [-0.2, 0) is 16.9 Å². The number of nitrogens with one attached hydrogen (secondary N) is 1. The largest absolute Gasteiger partial charge is 0.726 e. The van der Waals surface area contributed by atoms with Gasteiger partial charge in [-0.3, -0.25) is 4.55 Å². The summed E-state index contributed by atoms with van der Waals surface area (Å²) in [6.45, 7) is 7.49. The number of hydrogen-bond acceptors (Lipinski definition) is 5. The van der Waals surface area contributed by atoms with Gasteiger partial charge < -0.3 is 19.3 Å². The maximum atomic E-state index is 9.62. The molecular formula is C12H21NO6S. The third-order valence-corrected chi connectivity index (χ3v) is 2.70. The van der Waals surface area contributed by atoms with Crippen molar-refractivity contribution in [2.75, 3.05) is 20.2 Å². The third-order valence-electron chi connectivity index (χ3n) is 2.70. The van der Waals surface area contributed by atoms with E-state index in [1.165, 1.54) is 4.90 Å². The fraction of sp³-hybridized carbons (Fsp3) is 0.500. The van der Waals surface area contributed by atoms with E-state index in [1.807, 2.05) is 12.1 Å². The molecule has 0 atom stereocenters. The Bertz CT molecular complexity index is 491. The van der Waals surface area contributed by atoms with E-state index in [1.54, 1.807) is 13.2 Å². The molecule has 7 nitrogen and oxygen atoms in total. The topological polar surface area (TPSA) is 111 Å². The van der Waals surface area contributed by atoms with Crippen molar-refractivity contribution in [3.8, 4) is 11.5 Å². The van der Waals surface area contributed by atoms with E-state index in [0.717, 1.165) is 25.2 Å². The first-order chi connectivity index (χ1) is 9.21. The summed E-state index contributed by atoms with van der Waals surface area (Å²) in [5.41, 5.74) is 1.15. The fourth-order valence-electron chi connectivity index (χ4n) is 1.63. The second-order valence-corrected chi connectivity index (χ2v) is 4.92. The van der Waals surface area contributed by atoms with Crippen LogP contribution in [-0.4, -0.2) is 42.8 Å². The van der Waals surface area contributed by atoms with Gasteiger partial charge in [0.25, 0.3) is 0 Å². The second-order valence-electron chi connectivity index (χ2n) is 4.07. The van der Waals surface area contributed by atoms with Crippen LogP contribution >= 0.6 is 0 Å². The van der Waals surface area contributed by atoms with E-state index in [9.17, 15) is 5.11 Å². The molecule has 0 saturated heterocycles. The standard InChI is InChI=1S/C12H19NO2.H2O4S/c1-4-13(5-2)9-10-6-7-12(15-3)11(14)8-10;1-5(2,3)4/h6-8,14H,4-5,9H2,1-3H3;(H2,1,2,3,4). The van der Waals surface area contributed by atoms with Crippen LogP contribution in [0.2, 0.25) is 0 Å². The van der Waals surface area contributed by atoms with Crippen LogP contribution in [0.5, 0.6) is 11.5 Å². The van der Waals surface area contributed by atoms with Crippen molar-refractivity contribution >= 4 is 10.4 Å². The highest BCUT2D eigenvalue weighted by molar-refractivity contribution is 7.79. The summed E-state index contributed by atoms with van der Waals surface area (Å²) in [5.74, 6) is 0.759. The third kappa shape index (κ3) is 8.70. The van der Waals surface area contributed by atoms with Gasteiger partial charge >= 0.3 is 0 Å². The smallest absolute Gasteiger partial charge is 0.215 e. The van der Waals surface area contributed by atoms with Gasteiger partial charge in [-0.2, -0.15) is 0 Å². The van der Waals surface area contributed by atoms with Crippen molar-refractivity contribution in [2.45, 2.75) is 20.4 Å². The van der Waals surface area contributed by atoms with Gasteiger partial charge in [0.05, 0.1) is 20.2 Å². The molecule has 0 aromatic heterocycles. The zero-order chi connectivity index (χ0) is 15.8. The lowest BCUT2D eigenvalue weighted by Crippen LogP contribution is -3.10. The predicted octanol–water partition coefficient (Wildman–Crippen LogP) is -0.170. The van der Waals surface area contributed by atoms with E-state index in [-0.39, 0.29) is 5.75 Å². The summed E-state index contributed by atoms with van der Waals surface area (Å²) in [5, 5.41) is 9.62. The highest BCUT2D eigenvalue weighted by Crippen LogP contribution is 2.25. The van der Waals surface area contributed by atoms with Crippen LogP contribution in [0.1, 0.15) is 19.4 Å². The molecule has 1 rings (SSSR count). The molecule has 0 aliphatic carbocycles. The normalized spacial score (nSPS) is 10.9. The van der Waals surface area contributed by atoms with Gasteiger partial charge in [-0.05, 0) is 32.0 Å². The summed E-state index contributed by atoms with van der Waals surface area (Å²) >= 11 is 0. The molecule has 0 unspecified atom stereocenters. The molecule has 3 N–H and O–H groups in total. The Labute approximate surface area is 119 Å². The van der Waals surface area contributed by atoms with Gasteiger partial charge in [0.1, 0.15) is 6.54 Å². The van der Waals surface area contributed by atoms with Crippen LogP contribution in [0.3, 0.4) is 0 Å². The van der Waals surface area contributed by atoms with Crippen LogP contribution in [0.25, 0.3) is 0 Å². The second kappa shape index (κ2) is 8.75. The molecule has 1 aromatic rings. The molecule has 0 fully saturated rings. The molecule has 1 aromatic carbocycles. The van der Waals surface area contributed by atoms with Crippen molar-refractivity contribution < 1.29 is 32.3 Å². The zero-order valence-electron chi connectivity index (χ0n) is 11.8. The minimum atomic E-state index is -4.92. The fourth-order valence-corrected chi connectivity index (χ4v) is 1.63. The van der Waals surface area contributed by atoms with E-state index in [4.69, 9.17) is 22.3 Å². The zero-order valence-corrected chi connectivity index (χ0v) is 12.6. The monoisotopic (exact) mass is 307 g/mol. The molecule has 0 heterocycles. The van der Waals surface area contributed by atoms with Crippen LogP contribution in [0, 0.1) is 0 Å². The quantitative estimate of drug-likeness (QED) is 0.514. The number of aromatic hydroxyl groups is 1. The lowest BCUT2D eigenvalue weighted by atomic mass is 10.2. The van der Waals surface area contributed by atoms with Gasteiger partial charge in [-0.25, -0.2) is 8.42 Å². The lowest BCUT2D eigenvalue weighted by molar-refractivity contribution is -0.910. The molecule has 116 valence electrons. The van der Waals surface area contributed by atoms with Crippen molar-refractivity contribution in [2.24, 2.45) is 0 Å². The number of quaternary nitrogens is 1. The van der Waals surface area contributed by atoms with Gasteiger partial charge in [0, 0.05) is 5.56 Å². The molecule has 0 spiro atoms. The van der Waals surface area contributed by atoms with Gasteiger partial charge in [-0.1, -0.05) is 0 Å². The average Bonchev–Trinajstić information content (AvgIpc) is 2.34. The number of phenolic OH excluding ortho intramolecular Hbond substituents is 1. The van der Waals surface area contributed by atoms with E-state index >= 15 is 0 Å².